The fraction of sp³-hybridized carbons (Fsp3) is 0.417. The highest BCUT2D eigenvalue weighted by molar-refractivity contribution is 5.81. The van der Waals surface area contributed by atoms with E-state index in [0.717, 1.165) is 30.8 Å². The summed E-state index contributed by atoms with van der Waals surface area (Å²) < 4.78 is 7.06. The van der Waals surface area contributed by atoms with Gasteiger partial charge in [-0.1, -0.05) is 12.1 Å². The molecule has 1 radical (unpaired) electrons. The van der Waals surface area contributed by atoms with Crippen LogP contribution in [-0.2, 0) is 11.3 Å². The number of nitrogens with zero attached hydrogens (tertiary/aromatic N) is 2. The molecule has 79 valence electrons. The van der Waals surface area contributed by atoms with Crippen LogP contribution in [0.4, 0.5) is 0 Å². The molecule has 1 heterocycles. The van der Waals surface area contributed by atoms with Crippen molar-refractivity contribution in [1.29, 1.82) is 0 Å². The Morgan fingerprint density at radius 3 is 3.20 bits per heavy atom. The van der Waals surface area contributed by atoms with Crippen molar-refractivity contribution in [1.82, 2.24) is 9.78 Å². The molecule has 0 spiro atoms. The first-order chi connectivity index (χ1) is 7.33. The minimum Gasteiger partial charge on any atom is -0.385 e. The maximum atomic E-state index is 5.03. The predicted molar refractivity (Wildman–Crippen MR) is 59.8 cm³/mol. The lowest BCUT2D eigenvalue weighted by Crippen LogP contribution is -2.03. The van der Waals surface area contributed by atoms with Gasteiger partial charge in [0.25, 0.3) is 0 Å². The zero-order valence-electron chi connectivity index (χ0n) is 9.16. The van der Waals surface area contributed by atoms with Gasteiger partial charge in [0.05, 0.1) is 11.2 Å². The number of hydrogen-bond acceptors (Lipinski definition) is 2. The zero-order valence-corrected chi connectivity index (χ0v) is 9.16. The quantitative estimate of drug-likeness (QED) is 0.712. The molecule has 0 atom stereocenters. The number of ether oxygens (including phenoxy) is 1. The molecule has 0 aliphatic heterocycles. The van der Waals surface area contributed by atoms with Crippen LogP contribution in [0.1, 0.15) is 12.1 Å². The van der Waals surface area contributed by atoms with Gasteiger partial charge in [-0.15, -0.1) is 0 Å². The van der Waals surface area contributed by atoms with Gasteiger partial charge in [-0.2, -0.15) is 5.10 Å². The first kappa shape index (κ1) is 10.2. The van der Waals surface area contributed by atoms with E-state index in [1.54, 1.807) is 7.11 Å². The van der Waals surface area contributed by atoms with Crippen LogP contribution < -0.4 is 0 Å². The van der Waals surface area contributed by atoms with Crippen LogP contribution in [0.2, 0.25) is 0 Å². The van der Waals surface area contributed by atoms with Gasteiger partial charge in [0.1, 0.15) is 0 Å². The van der Waals surface area contributed by atoms with E-state index in [2.05, 4.69) is 17.2 Å². The van der Waals surface area contributed by atoms with Crippen molar-refractivity contribution < 1.29 is 4.74 Å². The lowest BCUT2D eigenvalue weighted by molar-refractivity contribution is 0.189. The van der Waals surface area contributed by atoms with Crippen molar-refractivity contribution in [3.63, 3.8) is 0 Å². The van der Waals surface area contributed by atoms with E-state index in [4.69, 9.17) is 4.74 Å². The molecule has 0 fully saturated rings. The zero-order chi connectivity index (χ0) is 10.7. The summed E-state index contributed by atoms with van der Waals surface area (Å²) in [4.78, 5) is 0. The molecule has 0 amide bonds. The molecule has 0 saturated heterocycles. The average Bonchev–Trinajstić information content (AvgIpc) is 2.58. The predicted octanol–water partition coefficient (Wildman–Crippen LogP) is 2.18. The van der Waals surface area contributed by atoms with Crippen molar-refractivity contribution in [2.45, 2.75) is 19.9 Å². The first-order valence-corrected chi connectivity index (χ1v) is 5.15. The maximum Gasteiger partial charge on any atom is 0.0691 e. The fourth-order valence-electron chi connectivity index (χ4n) is 1.76. The number of rotatable bonds is 4. The molecule has 2 aromatic rings. The van der Waals surface area contributed by atoms with Crippen molar-refractivity contribution in [2.24, 2.45) is 0 Å². The second kappa shape index (κ2) is 4.45. The van der Waals surface area contributed by atoms with E-state index < -0.39 is 0 Å². The molecule has 0 bridgehead atoms. The Bertz CT molecular complexity index is 448. The van der Waals surface area contributed by atoms with Gasteiger partial charge in [0.2, 0.25) is 0 Å². The summed E-state index contributed by atoms with van der Waals surface area (Å²) in [6.07, 6.45) is 0.988. The van der Waals surface area contributed by atoms with Crippen LogP contribution in [0.25, 0.3) is 10.9 Å². The van der Waals surface area contributed by atoms with Crippen molar-refractivity contribution in [3.05, 3.63) is 30.0 Å². The van der Waals surface area contributed by atoms with Gasteiger partial charge in [-0.05, 0) is 25.5 Å². The summed E-state index contributed by atoms with van der Waals surface area (Å²) in [5.41, 5.74) is 2.24. The molecule has 0 unspecified atom stereocenters. The maximum absolute atomic E-state index is 5.03. The molecule has 1 aromatic carbocycles. The van der Waals surface area contributed by atoms with Gasteiger partial charge in [-0.3, -0.25) is 4.68 Å². The highest BCUT2D eigenvalue weighted by Gasteiger charge is 2.05. The van der Waals surface area contributed by atoms with Crippen LogP contribution >= 0.6 is 0 Å². The van der Waals surface area contributed by atoms with Crippen LogP contribution in [0.15, 0.2) is 18.2 Å². The fourth-order valence-corrected chi connectivity index (χ4v) is 1.76. The number of benzene rings is 1. The molecule has 0 N–H and O–H groups in total. The Hall–Kier alpha value is -1.35. The van der Waals surface area contributed by atoms with Gasteiger partial charge in [0, 0.05) is 25.6 Å². The first-order valence-electron chi connectivity index (χ1n) is 5.15. The number of fused-ring (bicyclic) bond motifs is 1. The van der Waals surface area contributed by atoms with E-state index in [1.165, 1.54) is 5.39 Å². The lowest BCUT2D eigenvalue weighted by Gasteiger charge is -2.02. The molecule has 2 rings (SSSR count). The minimum atomic E-state index is 0.775. The second-order valence-corrected chi connectivity index (χ2v) is 3.60. The van der Waals surface area contributed by atoms with Crippen LogP contribution in [0.5, 0.6) is 0 Å². The summed E-state index contributed by atoms with van der Waals surface area (Å²) in [6.45, 7) is 3.71. The number of hydrogen-bond donors (Lipinski definition) is 0. The van der Waals surface area contributed by atoms with E-state index in [9.17, 15) is 0 Å². The van der Waals surface area contributed by atoms with Crippen LogP contribution in [0, 0.1) is 13.0 Å². The molecular weight excluding hydrogens is 188 g/mol. The molecule has 0 aliphatic carbocycles. The smallest absolute Gasteiger partial charge is 0.0691 e. The lowest BCUT2D eigenvalue weighted by atomic mass is 10.2. The van der Waals surface area contributed by atoms with Crippen molar-refractivity contribution >= 4 is 10.9 Å². The summed E-state index contributed by atoms with van der Waals surface area (Å²) in [5, 5.41) is 5.72. The standard InChI is InChI=1S/C12H15N2O/c1-10-11-6-3-4-7-12(11)14(13-10)8-5-9-15-2/h3,6-7H,5,8-9H2,1-2H3. The molecule has 0 aliphatic rings. The summed E-state index contributed by atoms with van der Waals surface area (Å²) in [6, 6.07) is 9.06. The van der Waals surface area contributed by atoms with E-state index in [1.807, 2.05) is 23.7 Å². The topological polar surface area (TPSA) is 27.1 Å². The second-order valence-electron chi connectivity index (χ2n) is 3.60. The number of methoxy groups -OCH3 is 1. The Labute approximate surface area is 89.7 Å². The third-order valence-corrected chi connectivity index (χ3v) is 2.50. The molecular formula is C12H15N2O. The third kappa shape index (κ3) is 2.02. The monoisotopic (exact) mass is 203 g/mol. The number of aromatic nitrogens is 2. The van der Waals surface area contributed by atoms with Gasteiger partial charge in [0.15, 0.2) is 0 Å². The number of aryl methyl sites for hydroxylation is 2. The van der Waals surface area contributed by atoms with E-state index in [-0.39, 0.29) is 0 Å². The highest BCUT2D eigenvalue weighted by Crippen LogP contribution is 2.17. The minimum absolute atomic E-state index is 0.775. The van der Waals surface area contributed by atoms with E-state index >= 15 is 0 Å². The molecule has 15 heavy (non-hydrogen) atoms. The van der Waals surface area contributed by atoms with Crippen molar-refractivity contribution in [3.8, 4) is 0 Å². The van der Waals surface area contributed by atoms with Crippen molar-refractivity contribution in [2.75, 3.05) is 13.7 Å². The highest BCUT2D eigenvalue weighted by atomic mass is 16.5. The Balaban J connectivity index is 2.27. The van der Waals surface area contributed by atoms with Crippen LogP contribution in [0.3, 0.4) is 0 Å². The Morgan fingerprint density at radius 2 is 2.40 bits per heavy atom. The summed E-state index contributed by atoms with van der Waals surface area (Å²) in [5.74, 6) is 0. The van der Waals surface area contributed by atoms with E-state index in [0.29, 0.717) is 0 Å². The van der Waals surface area contributed by atoms with Gasteiger partial charge >= 0.3 is 0 Å². The third-order valence-electron chi connectivity index (χ3n) is 2.50. The largest absolute Gasteiger partial charge is 0.385 e. The normalized spacial score (nSPS) is 11.1. The Kier molecular flexibility index (Phi) is 3.02. The molecule has 3 heteroatoms. The molecule has 3 nitrogen and oxygen atoms in total. The summed E-state index contributed by atoms with van der Waals surface area (Å²) >= 11 is 0. The van der Waals surface area contributed by atoms with Gasteiger partial charge < -0.3 is 4.74 Å². The Morgan fingerprint density at radius 1 is 1.53 bits per heavy atom. The van der Waals surface area contributed by atoms with Gasteiger partial charge in [-0.25, -0.2) is 0 Å². The summed E-state index contributed by atoms with van der Waals surface area (Å²) in [7, 11) is 1.72. The average molecular weight is 203 g/mol. The van der Waals surface area contributed by atoms with Crippen LogP contribution in [-0.4, -0.2) is 23.5 Å². The molecule has 1 aromatic heterocycles. The SMILES string of the molecule is COCCCn1nc(C)c2cc[c]cc21. The molecule has 0 saturated carbocycles.